The second kappa shape index (κ2) is 4.53. The molecule has 0 saturated carbocycles. The number of hydrogen-bond acceptors (Lipinski definition) is 2. The van der Waals surface area contributed by atoms with E-state index < -0.39 is 0 Å². The molecule has 1 heterocycles. The van der Waals surface area contributed by atoms with Crippen molar-refractivity contribution in [2.24, 2.45) is 7.05 Å². The summed E-state index contributed by atoms with van der Waals surface area (Å²) in [5.74, 6) is 0.244. The van der Waals surface area contributed by atoms with Crippen molar-refractivity contribution in [3.05, 3.63) is 60.7 Å². The van der Waals surface area contributed by atoms with E-state index in [1.165, 1.54) is 0 Å². The highest BCUT2D eigenvalue weighted by Crippen LogP contribution is 2.40. The molecule has 3 N–H and O–H groups in total. The lowest BCUT2D eigenvalue weighted by Gasteiger charge is -2.09. The Morgan fingerprint density at radius 3 is 2.36 bits per heavy atom. The third-order valence-electron chi connectivity index (χ3n) is 4.31. The monoisotopic (exact) mass is 288 g/mol. The first-order chi connectivity index (χ1) is 10.7. The van der Waals surface area contributed by atoms with E-state index in [1.54, 1.807) is 6.07 Å². The number of aryl methyl sites for hydroxylation is 1. The Labute approximate surface area is 128 Å². The van der Waals surface area contributed by atoms with E-state index in [-0.39, 0.29) is 5.75 Å². The van der Waals surface area contributed by atoms with E-state index in [0.717, 1.165) is 32.9 Å². The molecule has 4 aromatic rings. The van der Waals surface area contributed by atoms with Crippen molar-refractivity contribution in [3.8, 4) is 16.9 Å². The number of rotatable bonds is 1. The quantitative estimate of drug-likeness (QED) is 0.513. The van der Waals surface area contributed by atoms with Gasteiger partial charge in [-0.15, -0.1) is 0 Å². The number of nitrogen functional groups attached to an aromatic ring is 1. The highest BCUT2D eigenvalue weighted by Gasteiger charge is 2.15. The molecule has 0 fully saturated rings. The van der Waals surface area contributed by atoms with Crippen LogP contribution in [0, 0.1) is 0 Å². The first-order valence-corrected chi connectivity index (χ1v) is 7.22. The Balaban J connectivity index is 2.14. The number of phenols is 1. The Hall–Kier alpha value is -2.94. The standard InChI is InChI=1S/C19H16N2O/c1-21-15-8-4-2-7-14(15)18-16(21)11-10-13(19(18)20)12-6-3-5-9-17(12)22/h2-11,22H,20H2,1H3. The zero-order chi connectivity index (χ0) is 15.3. The molecule has 0 radical (unpaired) electrons. The fourth-order valence-corrected chi connectivity index (χ4v) is 3.21. The van der Waals surface area contributed by atoms with Crippen molar-refractivity contribution in [1.29, 1.82) is 0 Å². The number of anilines is 1. The van der Waals surface area contributed by atoms with Crippen LogP contribution in [0.15, 0.2) is 60.7 Å². The van der Waals surface area contributed by atoms with Gasteiger partial charge < -0.3 is 15.4 Å². The van der Waals surface area contributed by atoms with Crippen LogP contribution in [0.1, 0.15) is 0 Å². The summed E-state index contributed by atoms with van der Waals surface area (Å²) in [5.41, 5.74) is 11.0. The number of benzene rings is 3. The number of hydrogen-bond donors (Lipinski definition) is 2. The van der Waals surface area contributed by atoms with Gasteiger partial charge in [-0.2, -0.15) is 0 Å². The van der Waals surface area contributed by atoms with Gasteiger partial charge in [-0.25, -0.2) is 0 Å². The van der Waals surface area contributed by atoms with Crippen molar-refractivity contribution in [1.82, 2.24) is 4.57 Å². The lowest BCUT2D eigenvalue weighted by atomic mass is 9.99. The second-order valence-electron chi connectivity index (χ2n) is 5.51. The maximum atomic E-state index is 10.1. The molecule has 0 spiro atoms. The summed E-state index contributed by atoms with van der Waals surface area (Å²) < 4.78 is 2.15. The van der Waals surface area contributed by atoms with Gasteiger partial charge in [-0.05, 0) is 18.2 Å². The molecule has 0 atom stereocenters. The third kappa shape index (κ3) is 1.62. The zero-order valence-electron chi connectivity index (χ0n) is 12.2. The van der Waals surface area contributed by atoms with E-state index in [9.17, 15) is 5.11 Å². The van der Waals surface area contributed by atoms with Crippen LogP contribution in [0.25, 0.3) is 32.9 Å². The number of fused-ring (bicyclic) bond motifs is 3. The predicted molar refractivity (Wildman–Crippen MR) is 91.9 cm³/mol. The summed E-state index contributed by atoms with van der Waals surface area (Å²) >= 11 is 0. The molecule has 4 rings (SSSR count). The van der Waals surface area contributed by atoms with Gasteiger partial charge in [0.05, 0.1) is 5.52 Å². The second-order valence-corrected chi connectivity index (χ2v) is 5.51. The minimum absolute atomic E-state index is 0.244. The predicted octanol–water partition coefficient (Wildman–Crippen LogP) is 4.29. The molecule has 3 nitrogen and oxygen atoms in total. The van der Waals surface area contributed by atoms with Crippen LogP contribution in [0.5, 0.6) is 5.75 Å². The molecule has 0 amide bonds. The third-order valence-corrected chi connectivity index (χ3v) is 4.31. The molecule has 0 unspecified atom stereocenters. The molecular weight excluding hydrogens is 272 g/mol. The molecule has 0 aliphatic heterocycles. The van der Waals surface area contributed by atoms with Crippen molar-refractivity contribution in [2.75, 3.05) is 5.73 Å². The highest BCUT2D eigenvalue weighted by molar-refractivity contribution is 6.16. The van der Waals surface area contributed by atoms with Crippen LogP contribution in [0.2, 0.25) is 0 Å². The molecule has 22 heavy (non-hydrogen) atoms. The SMILES string of the molecule is Cn1c2ccccc2c2c(N)c(-c3ccccc3O)ccc21. The van der Waals surface area contributed by atoms with Gasteiger partial charge in [-0.3, -0.25) is 0 Å². The van der Waals surface area contributed by atoms with Crippen molar-refractivity contribution in [3.63, 3.8) is 0 Å². The average molecular weight is 288 g/mol. The number of phenolic OH excluding ortho intramolecular Hbond substituents is 1. The van der Waals surface area contributed by atoms with Crippen molar-refractivity contribution in [2.45, 2.75) is 0 Å². The summed E-state index contributed by atoms with van der Waals surface area (Å²) in [5, 5.41) is 12.3. The molecule has 3 heteroatoms. The topological polar surface area (TPSA) is 51.2 Å². The molecule has 108 valence electrons. The molecule has 1 aromatic heterocycles. The van der Waals surface area contributed by atoms with Gasteiger partial charge >= 0.3 is 0 Å². The molecule has 0 aliphatic rings. The average Bonchev–Trinajstić information content (AvgIpc) is 2.83. The van der Waals surface area contributed by atoms with Crippen LogP contribution in [0.4, 0.5) is 5.69 Å². The molecule has 0 bridgehead atoms. The molecule has 3 aromatic carbocycles. The first kappa shape index (κ1) is 12.8. The lowest BCUT2D eigenvalue weighted by molar-refractivity contribution is 0.477. The normalized spacial score (nSPS) is 11.3. The van der Waals surface area contributed by atoms with Gasteiger partial charge in [0.2, 0.25) is 0 Å². The molecule has 0 saturated heterocycles. The summed E-state index contributed by atoms with van der Waals surface area (Å²) in [6, 6.07) is 19.6. The fourth-order valence-electron chi connectivity index (χ4n) is 3.21. The molecular formula is C19H16N2O. The number of nitrogens with zero attached hydrogens (tertiary/aromatic N) is 1. The van der Waals surface area contributed by atoms with Gasteiger partial charge in [0.25, 0.3) is 0 Å². The summed E-state index contributed by atoms with van der Waals surface area (Å²) in [4.78, 5) is 0. The van der Waals surface area contributed by atoms with E-state index in [0.29, 0.717) is 5.69 Å². The largest absolute Gasteiger partial charge is 0.507 e. The number of nitrogens with two attached hydrogens (primary N) is 1. The smallest absolute Gasteiger partial charge is 0.123 e. The molecule has 0 aliphatic carbocycles. The Morgan fingerprint density at radius 1 is 0.818 bits per heavy atom. The summed E-state index contributed by atoms with van der Waals surface area (Å²) in [6.45, 7) is 0. The number of aromatic nitrogens is 1. The Kier molecular flexibility index (Phi) is 2.63. The Bertz CT molecular complexity index is 1010. The number of aromatic hydroxyl groups is 1. The lowest BCUT2D eigenvalue weighted by Crippen LogP contribution is -1.93. The number of para-hydroxylation sites is 2. The van der Waals surface area contributed by atoms with Crippen LogP contribution >= 0.6 is 0 Å². The maximum Gasteiger partial charge on any atom is 0.123 e. The minimum Gasteiger partial charge on any atom is -0.507 e. The summed E-state index contributed by atoms with van der Waals surface area (Å²) in [7, 11) is 2.05. The van der Waals surface area contributed by atoms with Crippen molar-refractivity contribution >= 4 is 27.5 Å². The van der Waals surface area contributed by atoms with E-state index in [2.05, 4.69) is 22.8 Å². The van der Waals surface area contributed by atoms with Gasteiger partial charge in [-0.1, -0.05) is 42.5 Å². The highest BCUT2D eigenvalue weighted by atomic mass is 16.3. The van der Waals surface area contributed by atoms with E-state index in [4.69, 9.17) is 5.73 Å². The fraction of sp³-hybridized carbons (Fsp3) is 0.0526. The van der Waals surface area contributed by atoms with Gasteiger partial charge in [0, 0.05) is 40.2 Å². The van der Waals surface area contributed by atoms with Gasteiger partial charge in [0.1, 0.15) is 5.75 Å². The van der Waals surface area contributed by atoms with Gasteiger partial charge in [0.15, 0.2) is 0 Å². The zero-order valence-corrected chi connectivity index (χ0v) is 12.2. The maximum absolute atomic E-state index is 10.1. The van der Waals surface area contributed by atoms with Crippen LogP contribution in [0.3, 0.4) is 0 Å². The van der Waals surface area contributed by atoms with Crippen LogP contribution < -0.4 is 5.73 Å². The van der Waals surface area contributed by atoms with Crippen LogP contribution in [-0.4, -0.2) is 9.67 Å². The van der Waals surface area contributed by atoms with E-state index in [1.807, 2.05) is 43.4 Å². The Morgan fingerprint density at radius 2 is 1.55 bits per heavy atom. The minimum atomic E-state index is 0.244. The van der Waals surface area contributed by atoms with Crippen LogP contribution in [-0.2, 0) is 7.05 Å². The first-order valence-electron chi connectivity index (χ1n) is 7.22. The van der Waals surface area contributed by atoms with Crippen molar-refractivity contribution < 1.29 is 5.11 Å². The van der Waals surface area contributed by atoms with E-state index >= 15 is 0 Å². The summed E-state index contributed by atoms with van der Waals surface area (Å²) in [6.07, 6.45) is 0.